The Morgan fingerprint density at radius 2 is 1.76 bits per heavy atom. The van der Waals surface area contributed by atoms with E-state index >= 15 is 0 Å². The third-order valence-electron chi connectivity index (χ3n) is 4.89. The maximum Gasteiger partial charge on any atom is 0.275 e. The maximum atomic E-state index is 13.0. The van der Waals surface area contributed by atoms with E-state index < -0.39 is 0 Å². The van der Waals surface area contributed by atoms with Crippen molar-refractivity contribution in [1.82, 2.24) is 15.2 Å². The highest BCUT2D eigenvalue weighted by Crippen LogP contribution is 2.27. The standard InChI is InChI=1S/C26H24N4O3/c1-3-33-23-15-14-19(16-24(23)32-2)17-27-28-26(31)22-18-30(21-12-8-5-9-13-21)29-25(22)20-10-6-4-7-11-20/h4-18H,3H2,1-2H3,(H,28,31)/b27-17+. The van der Waals surface area contributed by atoms with Crippen molar-refractivity contribution < 1.29 is 14.3 Å². The van der Waals surface area contributed by atoms with Gasteiger partial charge in [-0.2, -0.15) is 10.2 Å². The molecule has 4 rings (SSSR count). The van der Waals surface area contributed by atoms with Gasteiger partial charge < -0.3 is 9.47 Å². The summed E-state index contributed by atoms with van der Waals surface area (Å²) in [6.45, 7) is 2.45. The Kier molecular flexibility index (Phi) is 6.80. The Morgan fingerprint density at radius 3 is 2.45 bits per heavy atom. The lowest BCUT2D eigenvalue weighted by Crippen LogP contribution is -2.18. The van der Waals surface area contributed by atoms with Gasteiger partial charge in [0.05, 0.1) is 31.2 Å². The van der Waals surface area contributed by atoms with Crippen molar-refractivity contribution in [3.8, 4) is 28.4 Å². The number of aromatic nitrogens is 2. The third-order valence-corrected chi connectivity index (χ3v) is 4.89. The molecule has 0 aliphatic rings. The quantitative estimate of drug-likeness (QED) is 0.318. The Bertz CT molecular complexity index is 1250. The number of para-hydroxylation sites is 1. The fraction of sp³-hybridized carbons (Fsp3) is 0.115. The van der Waals surface area contributed by atoms with E-state index in [0.717, 1.165) is 16.8 Å². The normalized spacial score (nSPS) is 10.8. The molecule has 0 aliphatic heterocycles. The van der Waals surface area contributed by atoms with Crippen molar-refractivity contribution in [2.24, 2.45) is 5.10 Å². The van der Waals surface area contributed by atoms with Crippen LogP contribution in [-0.4, -0.2) is 35.6 Å². The number of methoxy groups -OCH3 is 1. The Morgan fingerprint density at radius 1 is 1.03 bits per heavy atom. The average molecular weight is 441 g/mol. The zero-order valence-electron chi connectivity index (χ0n) is 18.4. The van der Waals surface area contributed by atoms with Crippen LogP contribution in [0.15, 0.2) is 90.2 Å². The number of hydrogen-bond acceptors (Lipinski definition) is 5. The summed E-state index contributed by atoms with van der Waals surface area (Å²) < 4.78 is 12.6. The Labute approximate surface area is 192 Å². The van der Waals surface area contributed by atoms with Gasteiger partial charge in [-0.25, -0.2) is 10.1 Å². The number of nitrogens with one attached hydrogen (secondary N) is 1. The summed E-state index contributed by atoms with van der Waals surface area (Å²) >= 11 is 0. The van der Waals surface area contributed by atoms with E-state index in [4.69, 9.17) is 9.47 Å². The highest BCUT2D eigenvalue weighted by atomic mass is 16.5. The molecule has 0 spiro atoms. The lowest BCUT2D eigenvalue weighted by atomic mass is 10.1. The van der Waals surface area contributed by atoms with Crippen molar-refractivity contribution >= 4 is 12.1 Å². The molecule has 4 aromatic rings. The largest absolute Gasteiger partial charge is 0.493 e. The summed E-state index contributed by atoms with van der Waals surface area (Å²) in [6, 6.07) is 24.7. The number of amides is 1. The molecule has 3 aromatic carbocycles. The second kappa shape index (κ2) is 10.3. The molecule has 1 N–H and O–H groups in total. The molecule has 7 nitrogen and oxygen atoms in total. The van der Waals surface area contributed by atoms with Gasteiger partial charge in [-0.1, -0.05) is 48.5 Å². The molecule has 0 saturated heterocycles. The summed E-state index contributed by atoms with van der Waals surface area (Å²) in [5, 5.41) is 8.79. The zero-order chi connectivity index (χ0) is 23.0. The molecule has 0 saturated carbocycles. The topological polar surface area (TPSA) is 77.7 Å². The molecule has 0 atom stereocenters. The molecular weight excluding hydrogens is 416 g/mol. The van der Waals surface area contributed by atoms with E-state index in [1.165, 1.54) is 0 Å². The van der Waals surface area contributed by atoms with Gasteiger partial charge >= 0.3 is 0 Å². The van der Waals surface area contributed by atoms with Crippen LogP contribution in [-0.2, 0) is 0 Å². The van der Waals surface area contributed by atoms with E-state index in [9.17, 15) is 4.79 Å². The first-order valence-corrected chi connectivity index (χ1v) is 10.5. The first kappa shape index (κ1) is 21.8. The van der Waals surface area contributed by atoms with Gasteiger partial charge in [0.25, 0.3) is 5.91 Å². The number of hydrazone groups is 1. The minimum absolute atomic E-state index is 0.356. The van der Waals surface area contributed by atoms with Gasteiger partial charge in [0.2, 0.25) is 0 Å². The van der Waals surface area contributed by atoms with Crippen LogP contribution < -0.4 is 14.9 Å². The van der Waals surface area contributed by atoms with Gasteiger partial charge in [0.15, 0.2) is 11.5 Å². The summed E-state index contributed by atoms with van der Waals surface area (Å²) in [6.07, 6.45) is 3.27. The van der Waals surface area contributed by atoms with Crippen molar-refractivity contribution in [3.63, 3.8) is 0 Å². The smallest absolute Gasteiger partial charge is 0.275 e. The molecule has 166 valence electrons. The van der Waals surface area contributed by atoms with E-state index in [1.807, 2.05) is 79.7 Å². The second-order valence-electron chi connectivity index (χ2n) is 7.08. The monoisotopic (exact) mass is 440 g/mol. The number of benzene rings is 3. The predicted octanol–water partition coefficient (Wildman–Crippen LogP) is 4.71. The van der Waals surface area contributed by atoms with Crippen LogP contribution in [0, 0.1) is 0 Å². The van der Waals surface area contributed by atoms with E-state index in [1.54, 1.807) is 30.3 Å². The van der Waals surface area contributed by atoms with Crippen LogP contribution >= 0.6 is 0 Å². The molecule has 7 heteroatoms. The van der Waals surface area contributed by atoms with Gasteiger partial charge in [-0.3, -0.25) is 4.79 Å². The van der Waals surface area contributed by atoms with Crippen molar-refractivity contribution in [3.05, 3.63) is 96.2 Å². The van der Waals surface area contributed by atoms with E-state index in [-0.39, 0.29) is 5.91 Å². The average Bonchev–Trinajstić information content (AvgIpc) is 3.32. The first-order chi connectivity index (χ1) is 16.2. The molecular formula is C26H24N4O3. The van der Waals surface area contributed by atoms with Crippen LogP contribution in [0.25, 0.3) is 16.9 Å². The zero-order valence-corrected chi connectivity index (χ0v) is 18.4. The number of nitrogens with zero attached hydrogens (tertiary/aromatic N) is 3. The summed E-state index contributed by atoms with van der Waals surface area (Å²) in [5.41, 5.74) is 6.07. The van der Waals surface area contributed by atoms with Gasteiger partial charge in [0, 0.05) is 11.8 Å². The Hall–Kier alpha value is -4.39. The summed E-state index contributed by atoms with van der Waals surface area (Å²) in [7, 11) is 1.58. The molecule has 0 aliphatic carbocycles. The van der Waals surface area contributed by atoms with Crippen LogP contribution in [0.2, 0.25) is 0 Å². The second-order valence-corrected chi connectivity index (χ2v) is 7.08. The van der Waals surface area contributed by atoms with Gasteiger partial charge in [0.1, 0.15) is 5.69 Å². The highest BCUT2D eigenvalue weighted by molar-refractivity contribution is 6.00. The Balaban J connectivity index is 1.58. The van der Waals surface area contributed by atoms with Crippen LogP contribution in [0.1, 0.15) is 22.8 Å². The fourth-order valence-corrected chi connectivity index (χ4v) is 3.33. The molecule has 1 aromatic heterocycles. The van der Waals surface area contributed by atoms with Crippen molar-refractivity contribution in [1.29, 1.82) is 0 Å². The number of hydrogen-bond donors (Lipinski definition) is 1. The molecule has 0 fully saturated rings. The molecule has 1 heterocycles. The van der Waals surface area contributed by atoms with Crippen molar-refractivity contribution in [2.45, 2.75) is 6.92 Å². The lowest BCUT2D eigenvalue weighted by Gasteiger charge is -2.09. The van der Waals surface area contributed by atoms with Gasteiger partial charge in [-0.15, -0.1) is 0 Å². The van der Waals surface area contributed by atoms with E-state index in [0.29, 0.717) is 29.4 Å². The van der Waals surface area contributed by atoms with Crippen LogP contribution in [0.3, 0.4) is 0 Å². The molecule has 0 radical (unpaired) electrons. The molecule has 33 heavy (non-hydrogen) atoms. The van der Waals surface area contributed by atoms with Gasteiger partial charge in [-0.05, 0) is 42.8 Å². The number of carbonyl (C=O) groups excluding carboxylic acids is 1. The minimum Gasteiger partial charge on any atom is -0.493 e. The lowest BCUT2D eigenvalue weighted by molar-refractivity contribution is 0.0955. The maximum absolute atomic E-state index is 13.0. The summed E-state index contributed by atoms with van der Waals surface area (Å²) in [5.74, 6) is 0.898. The molecule has 0 bridgehead atoms. The number of carbonyl (C=O) groups is 1. The molecule has 1 amide bonds. The molecule has 0 unspecified atom stereocenters. The number of ether oxygens (including phenoxy) is 2. The SMILES string of the molecule is CCOc1ccc(/C=N/NC(=O)c2cn(-c3ccccc3)nc2-c2ccccc2)cc1OC. The minimum atomic E-state index is -0.356. The fourth-order valence-electron chi connectivity index (χ4n) is 3.33. The predicted molar refractivity (Wildman–Crippen MR) is 128 cm³/mol. The van der Waals surface area contributed by atoms with Crippen LogP contribution in [0.5, 0.6) is 11.5 Å². The third kappa shape index (κ3) is 5.10. The van der Waals surface area contributed by atoms with Crippen molar-refractivity contribution in [2.75, 3.05) is 13.7 Å². The highest BCUT2D eigenvalue weighted by Gasteiger charge is 2.18. The number of rotatable bonds is 8. The van der Waals surface area contributed by atoms with Crippen LogP contribution in [0.4, 0.5) is 0 Å². The first-order valence-electron chi connectivity index (χ1n) is 10.5. The summed E-state index contributed by atoms with van der Waals surface area (Å²) in [4.78, 5) is 13.0. The van der Waals surface area contributed by atoms with E-state index in [2.05, 4.69) is 15.6 Å².